The highest BCUT2D eigenvalue weighted by molar-refractivity contribution is 6.22. The van der Waals surface area contributed by atoms with Crippen LogP contribution in [-0.2, 0) is 0 Å². The van der Waals surface area contributed by atoms with Crippen molar-refractivity contribution in [1.29, 1.82) is 0 Å². The Morgan fingerprint density at radius 2 is 1.86 bits per heavy atom. The SMILES string of the molecule is C=C1c2ccccc2C(=O)N1c1cccc(OCCN)c1. The number of rotatable bonds is 4. The fourth-order valence-electron chi connectivity index (χ4n) is 2.45. The number of carbonyl (C=O) groups excluding carboxylic acids is 1. The summed E-state index contributed by atoms with van der Waals surface area (Å²) in [6.45, 7) is 4.93. The van der Waals surface area contributed by atoms with Gasteiger partial charge in [0.05, 0.1) is 11.4 Å². The maximum absolute atomic E-state index is 12.5. The molecule has 0 aromatic heterocycles. The van der Waals surface area contributed by atoms with E-state index in [-0.39, 0.29) is 5.91 Å². The van der Waals surface area contributed by atoms with Crippen molar-refractivity contribution in [3.63, 3.8) is 0 Å². The van der Waals surface area contributed by atoms with E-state index in [1.807, 2.05) is 48.5 Å². The molecule has 2 aromatic carbocycles. The van der Waals surface area contributed by atoms with Gasteiger partial charge in [0.2, 0.25) is 0 Å². The van der Waals surface area contributed by atoms with Crippen molar-refractivity contribution < 1.29 is 9.53 Å². The predicted molar refractivity (Wildman–Crippen MR) is 83.3 cm³/mol. The van der Waals surface area contributed by atoms with E-state index < -0.39 is 0 Å². The molecule has 0 radical (unpaired) electrons. The van der Waals surface area contributed by atoms with Crippen LogP contribution in [0.15, 0.2) is 55.1 Å². The van der Waals surface area contributed by atoms with Crippen LogP contribution < -0.4 is 15.4 Å². The van der Waals surface area contributed by atoms with Gasteiger partial charge in [-0.1, -0.05) is 30.8 Å². The lowest BCUT2D eigenvalue weighted by molar-refractivity contribution is 0.101. The Bertz CT molecular complexity index is 674. The summed E-state index contributed by atoms with van der Waals surface area (Å²) in [4.78, 5) is 14.1. The molecule has 0 fully saturated rings. The Labute approximate surface area is 123 Å². The Balaban J connectivity index is 1.95. The van der Waals surface area contributed by atoms with E-state index in [0.717, 1.165) is 11.3 Å². The first kappa shape index (κ1) is 13.4. The van der Waals surface area contributed by atoms with Gasteiger partial charge < -0.3 is 10.5 Å². The number of hydrogen-bond donors (Lipinski definition) is 1. The maximum atomic E-state index is 12.5. The van der Waals surface area contributed by atoms with Crippen LogP contribution in [0.1, 0.15) is 15.9 Å². The number of anilines is 1. The van der Waals surface area contributed by atoms with Crippen molar-refractivity contribution in [2.24, 2.45) is 5.73 Å². The molecule has 1 aliphatic rings. The van der Waals surface area contributed by atoms with Crippen LogP contribution in [-0.4, -0.2) is 19.1 Å². The normalized spacial score (nSPS) is 13.5. The molecular weight excluding hydrogens is 264 g/mol. The van der Waals surface area contributed by atoms with Crippen LogP contribution in [0.3, 0.4) is 0 Å². The Kier molecular flexibility index (Phi) is 3.46. The van der Waals surface area contributed by atoms with Crippen molar-refractivity contribution in [2.75, 3.05) is 18.1 Å². The number of amides is 1. The zero-order valence-corrected chi connectivity index (χ0v) is 11.6. The molecule has 4 nitrogen and oxygen atoms in total. The van der Waals surface area contributed by atoms with Crippen molar-refractivity contribution in [3.05, 3.63) is 66.2 Å². The van der Waals surface area contributed by atoms with E-state index in [4.69, 9.17) is 10.5 Å². The summed E-state index contributed by atoms with van der Waals surface area (Å²) >= 11 is 0. The zero-order valence-electron chi connectivity index (χ0n) is 11.6. The number of fused-ring (bicyclic) bond motifs is 1. The van der Waals surface area contributed by atoms with Crippen LogP contribution in [0.4, 0.5) is 5.69 Å². The second-order valence-corrected chi connectivity index (χ2v) is 4.77. The molecule has 4 heteroatoms. The Hall–Kier alpha value is -2.59. The third-order valence-corrected chi connectivity index (χ3v) is 3.40. The molecule has 0 atom stereocenters. The lowest BCUT2D eigenvalue weighted by Crippen LogP contribution is -2.21. The van der Waals surface area contributed by atoms with Crippen LogP contribution >= 0.6 is 0 Å². The van der Waals surface area contributed by atoms with Crippen molar-refractivity contribution >= 4 is 17.3 Å². The molecule has 0 spiro atoms. The standard InChI is InChI=1S/C17H16N2O2/c1-12-15-7-2-3-8-16(15)17(20)19(12)13-5-4-6-14(11-13)21-10-9-18/h2-8,11H,1,9-10,18H2. The molecule has 0 saturated heterocycles. The van der Waals surface area contributed by atoms with Crippen molar-refractivity contribution in [1.82, 2.24) is 0 Å². The van der Waals surface area contributed by atoms with E-state index in [1.165, 1.54) is 0 Å². The quantitative estimate of drug-likeness (QED) is 0.936. The number of benzene rings is 2. The zero-order chi connectivity index (χ0) is 14.8. The second-order valence-electron chi connectivity index (χ2n) is 4.77. The van der Waals surface area contributed by atoms with Crippen molar-refractivity contribution in [2.45, 2.75) is 0 Å². The molecule has 1 amide bonds. The van der Waals surface area contributed by atoms with Gasteiger partial charge in [0, 0.05) is 23.7 Å². The first-order valence-corrected chi connectivity index (χ1v) is 6.78. The molecule has 21 heavy (non-hydrogen) atoms. The van der Waals surface area contributed by atoms with Gasteiger partial charge in [-0.25, -0.2) is 0 Å². The molecule has 0 unspecified atom stereocenters. The van der Waals surface area contributed by atoms with E-state index in [9.17, 15) is 4.79 Å². The number of carbonyl (C=O) groups is 1. The molecule has 106 valence electrons. The average Bonchev–Trinajstić information content (AvgIpc) is 2.78. The minimum Gasteiger partial charge on any atom is -0.492 e. The Morgan fingerprint density at radius 3 is 2.57 bits per heavy atom. The van der Waals surface area contributed by atoms with Crippen molar-refractivity contribution in [3.8, 4) is 5.75 Å². The number of ether oxygens (including phenoxy) is 1. The van der Waals surface area contributed by atoms with Gasteiger partial charge in [-0.15, -0.1) is 0 Å². The summed E-state index contributed by atoms with van der Waals surface area (Å²) < 4.78 is 5.51. The topological polar surface area (TPSA) is 55.6 Å². The predicted octanol–water partition coefficient (Wildman–Crippen LogP) is 2.66. The fraction of sp³-hybridized carbons (Fsp3) is 0.118. The lowest BCUT2D eigenvalue weighted by Gasteiger charge is -2.18. The number of nitrogens with two attached hydrogens (primary N) is 1. The first-order chi connectivity index (χ1) is 10.2. The van der Waals surface area contributed by atoms with Gasteiger partial charge in [0.15, 0.2) is 0 Å². The van der Waals surface area contributed by atoms with Gasteiger partial charge in [0.25, 0.3) is 5.91 Å². The highest BCUT2D eigenvalue weighted by Gasteiger charge is 2.31. The van der Waals surface area contributed by atoms with Gasteiger partial charge in [-0.2, -0.15) is 0 Å². The smallest absolute Gasteiger partial charge is 0.263 e. The maximum Gasteiger partial charge on any atom is 0.263 e. The van der Waals surface area contributed by atoms with Gasteiger partial charge in [-0.3, -0.25) is 9.69 Å². The third-order valence-electron chi connectivity index (χ3n) is 3.40. The van der Waals surface area contributed by atoms with Gasteiger partial charge >= 0.3 is 0 Å². The highest BCUT2D eigenvalue weighted by atomic mass is 16.5. The summed E-state index contributed by atoms with van der Waals surface area (Å²) in [7, 11) is 0. The third kappa shape index (κ3) is 2.30. The summed E-state index contributed by atoms with van der Waals surface area (Å²) in [6.07, 6.45) is 0. The molecule has 1 aliphatic heterocycles. The molecular formula is C17H16N2O2. The molecule has 2 aromatic rings. The average molecular weight is 280 g/mol. The lowest BCUT2D eigenvalue weighted by atomic mass is 10.1. The second kappa shape index (κ2) is 5.42. The first-order valence-electron chi connectivity index (χ1n) is 6.78. The van der Waals surface area contributed by atoms with Crippen LogP contribution in [0.5, 0.6) is 5.75 Å². The van der Waals surface area contributed by atoms with E-state index >= 15 is 0 Å². The summed E-state index contributed by atoms with van der Waals surface area (Å²) in [5, 5.41) is 0. The monoisotopic (exact) mass is 280 g/mol. The molecule has 0 bridgehead atoms. The van der Waals surface area contributed by atoms with E-state index in [0.29, 0.717) is 30.2 Å². The number of nitrogens with zero attached hydrogens (tertiary/aromatic N) is 1. The van der Waals surface area contributed by atoms with Gasteiger partial charge in [0.1, 0.15) is 12.4 Å². The summed E-state index contributed by atoms with van der Waals surface area (Å²) in [6, 6.07) is 14.9. The molecule has 2 N–H and O–H groups in total. The number of hydrogen-bond acceptors (Lipinski definition) is 3. The van der Waals surface area contributed by atoms with E-state index in [2.05, 4.69) is 6.58 Å². The largest absolute Gasteiger partial charge is 0.492 e. The van der Waals surface area contributed by atoms with Crippen LogP contribution in [0.25, 0.3) is 5.70 Å². The van der Waals surface area contributed by atoms with E-state index in [1.54, 1.807) is 4.90 Å². The molecule has 1 heterocycles. The van der Waals surface area contributed by atoms with Gasteiger partial charge in [-0.05, 0) is 18.2 Å². The fourth-order valence-corrected chi connectivity index (χ4v) is 2.45. The van der Waals surface area contributed by atoms with Crippen LogP contribution in [0, 0.1) is 0 Å². The minimum atomic E-state index is -0.0634. The summed E-state index contributed by atoms with van der Waals surface area (Å²) in [5.41, 5.74) is 8.41. The summed E-state index contributed by atoms with van der Waals surface area (Å²) in [5.74, 6) is 0.626. The highest BCUT2D eigenvalue weighted by Crippen LogP contribution is 2.36. The molecule has 0 saturated carbocycles. The Morgan fingerprint density at radius 1 is 1.10 bits per heavy atom. The minimum absolute atomic E-state index is 0.0634. The van der Waals surface area contributed by atoms with Crippen LogP contribution in [0.2, 0.25) is 0 Å². The molecule has 0 aliphatic carbocycles. The molecule has 3 rings (SSSR count).